The first-order chi connectivity index (χ1) is 19.8. The van der Waals surface area contributed by atoms with E-state index in [0.29, 0.717) is 59.2 Å². The molecule has 0 saturated carbocycles. The molecule has 0 aliphatic carbocycles. The van der Waals surface area contributed by atoms with Crippen LogP contribution in [0.3, 0.4) is 0 Å². The second kappa shape index (κ2) is 10.6. The van der Waals surface area contributed by atoms with Crippen LogP contribution in [0.4, 0.5) is 13.2 Å². The summed E-state index contributed by atoms with van der Waals surface area (Å²) >= 11 is 0. The fourth-order valence-electron chi connectivity index (χ4n) is 5.00. The van der Waals surface area contributed by atoms with E-state index in [9.17, 15) is 9.18 Å². The number of carboxylic acid groups (broad SMARTS) is 1. The van der Waals surface area contributed by atoms with Crippen LogP contribution in [0, 0.1) is 17.5 Å². The van der Waals surface area contributed by atoms with Gasteiger partial charge in [-0.05, 0) is 41.8 Å². The van der Waals surface area contributed by atoms with Gasteiger partial charge >= 0.3 is 5.97 Å². The normalized spacial score (nSPS) is 13.6. The van der Waals surface area contributed by atoms with Gasteiger partial charge in [-0.1, -0.05) is 25.1 Å². The first-order valence-electron chi connectivity index (χ1n) is 13.1. The van der Waals surface area contributed by atoms with Gasteiger partial charge in [0, 0.05) is 43.0 Å². The van der Waals surface area contributed by atoms with Gasteiger partial charge in [-0.2, -0.15) is 5.10 Å². The Kier molecular flexibility index (Phi) is 6.86. The Hall–Kier alpha value is -4.80. The lowest BCUT2D eigenvalue weighted by atomic mass is 9.96. The van der Waals surface area contributed by atoms with Gasteiger partial charge in [0.05, 0.1) is 17.7 Å². The molecule has 0 radical (unpaired) electrons. The third-order valence-corrected chi connectivity index (χ3v) is 7.15. The molecule has 1 unspecified atom stereocenters. The highest BCUT2D eigenvalue weighted by Gasteiger charge is 2.25. The summed E-state index contributed by atoms with van der Waals surface area (Å²) in [5.74, 6) is -2.76. The molecule has 8 nitrogen and oxygen atoms in total. The zero-order chi connectivity index (χ0) is 28.7. The molecule has 0 saturated heterocycles. The molecular formula is C30H25F3N4O4. The number of nitrogens with one attached hydrogen (secondary N) is 1. The molecule has 1 atom stereocenters. The van der Waals surface area contributed by atoms with E-state index < -0.39 is 35.1 Å². The van der Waals surface area contributed by atoms with Gasteiger partial charge in [0.2, 0.25) is 0 Å². The van der Waals surface area contributed by atoms with Crippen molar-refractivity contribution in [2.45, 2.75) is 38.6 Å². The maximum Gasteiger partial charge on any atom is 0.303 e. The Morgan fingerprint density at radius 1 is 1.17 bits per heavy atom. The number of aliphatic carboxylic acids is 1. The van der Waals surface area contributed by atoms with Crippen LogP contribution in [-0.2, 0) is 17.8 Å². The second-order valence-electron chi connectivity index (χ2n) is 9.85. The second-order valence-corrected chi connectivity index (χ2v) is 9.85. The molecule has 41 heavy (non-hydrogen) atoms. The molecule has 2 aromatic heterocycles. The van der Waals surface area contributed by atoms with Crippen molar-refractivity contribution >= 4 is 16.9 Å². The van der Waals surface area contributed by atoms with Crippen LogP contribution in [0.5, 0.6) is 17.2 Å². The molecule has 6 rings (SSSR count). The minimum Gasteiger partial charge on any atom is -0.493 e. The standard InChI is InChI=1S/C30H25F3N4O4/c1-16(19-5-2-4-17(26(19)32)6-9-25(38)39)29-35-30-21-14-18(7-8-24(21)40-13-3-12-37(30)36-29)41-28-22(31)15-23-20(27(28)33)10-11-34-23/h2,4-5,7-8,10-11,14-16,34H,3,6,9,12-13H2,1H3,(H,38,39). The van der Waals surface area contributed by atoms with Gasteiger partial charge in [0.25, 0.3) is 0 Å². The molecule has 3 heterocycles. The number of halogens is 3. The van der Waals surface area contributed by atoms with Crippen molar-refractivity contribution in [3.63, 3.8) is 0 Å². The molecule has 11 heteroatoms. The summed E-state index contributed by atoms with van der Waals surface area (Å²) in [4.78, 5) is 18.5. The van der Waals surface area contributed by atoms with Crippen LogP contribution in [0.25, 0.3) is 22.3 Å². The number of fused-ring (bicyclic) bond motifs is 4. The van der Waals surface area contributed by atoms with Crippen LogP contribution in [0.1, 0.15) is 42.6 Å². The average Bonchev–Trinajstić information content (AvgIpc) is 3.59. The van der Waals surface area contributed by atoms with Crippen LogP contribution in [0.15, 0.2) is 54.7 Å². The Morgan fingerprint density at radius 3 is 2.85 bits per heavy atom. The van der Waals surface area contributed by atoms with Gasteiger partial charge in [0.1, 0.15) is 17.3 Å². The van der Waals surface area contributed by atoms with Crippen LogP contribution >= 0.6 is 0 Å². The van der Waals surface area contributed by atoms with Crippen molar-refractivity contribution in [2.75, 3.05) is 6.61 Å². The molecule has 210 valence electrons. The van der Waals surface area contributed by atoms with Crippen molar-refractivity contribution in [2.24, 2.45) is 0 Å². The number of aryl methyl sites for hydroxylation is 2. The first-order valence-corrected chi connectivity index (χ1v) is 13.1. The number of rotatable bonds is 7. The van der Waals surface area contributed by atoms with Crippen molar-refractivity contribution in [1.29, 1.82) is 0 Å². The molecule has 0 fully saturated rings. The fourth-order valence-corrected chi connectivity index (χ4v) is 5.00. The number of carboxylic acids is 1. The zero-order valence-electron chi connectivity index (χ0n) is 22.0. The fraction of sp³-hybridized carbons (Fsp3) is 0.233. The van der Waals surface area contributed by atoms with Crippen LogP contribution < -0.4 is 9.47 Å². The number of nitrogens with zero attached hydrogens (tertiary/aromatic N) is 3. The van der Waals surface area contributed by atoms with E-state index in [-0.39, 0.29) is 24.0 Å². The highest BCUT2D eigenvalue weighted by molar-refractivity contribution is 5.82. The van der Waals surface area contributed by atoms with E-state index in [1.54, 1.807) is 48.0 Å². The summed E-state index contributed by atoms with van der Waals surface area (Å²) in [5, 5.41) is 13.9. The molecule has 1 aliphatic heterocycles. The summed E-state index contributed by atoms with van der Waals surface area (Å²) in [6.07, 6.45) is 2.05. The summed E-state index contributed by atoms with van der Waals surface area (Å²) in [6, 6.07) is 12.4. The Balaban J connectivity index is 1.36. The molecule has 1 aliphatic rings. The molecule has 0 spiro atoms. The summed E-state index contributed by atoms with van der Waals surface area (Å²) in [7, 11) is 0. The highest BCUT2D eigenvalue weighted by Crippen LogP contribution is 2.39. The number of hydrogen-bond acceptors (Lipinski definition) is 5. The zero-order valence-corrected chi connectivity index (χ0v) is 22.0. The van der Waals surface area contributed by atoms with Crippen molar-refractivity contribution in [1.82, 2.24) is 19.7 Å². The Morgan fingerprint density at radius 2 is 2.02 bits per heavy atom. The number of carbonyl (C=O) groups is 1. The minimum atomic E-state index is -1.00. The molecule has 0 bridgehead atoms. The van der Waals surface area contributed by atoms with E-state index >= 15 is 8.78 Å². The summed E-state index contributed by atoms with van der Waals surface area (Å²) in [5.41, 5.74) is 1.49. The quantitative estimate of drug-likeness (QED) is 0.232. The van der Waals surface area contributed by atoms with Gasteiger partial charge in [0.15, 0.2) is 29.0 Å². The number of aromatic amines is 1. The van der Waals surface area contributed by atoms with Crippen LogP contribution in [0.2, 0.25) is 0 Å². The van der Waals surface area contributed by atoms with E-state index in [1.165, 1.54) is 18.3 Å². The topological polar surface area (TPSA) is 102 Å². The van der Waals surface area contributed by atoms with Crippen molar-refractivity contribution < 1.29 is 32.5 Å². The lowest BCUT2D eigenvalue weighted by molar-refractivity contribution is -0.136. The maximum absolute atomic E-state index is 15.4. The highest BCUT2D eigenvalue weighted by atomic mass is 19.1. The summed E-state index contributed by atoms with van der Waals surface area (Å²) in [6.45, 7) is 2.67. The molecule has 3 aromatic carbocycles. The third-order valence-electron chi connectivity index (χ3n) is 7.15. The van der Waals surface area contributed by atoms with Gasteiger partial charge in [-0.25, -0.2) is 22.8 Å². The van der Waals surface area contributed by atoms with Gasteiger partial charge < -0.3 is 19.6 Å². The maximum atomic E-state index is 15.4. The first kappa shape index (κ1) is 26.4. The lowest BCUT2D eigenvalue weighted by Gasteiger charge is -2.17. The van der Waals surface area contributed by atoms with E-state index in [2.05, 4.69) is 10.1 Å². The molecule has 5 aromatic rings. The summed E-state index contributed by atoms with van der Waals surface area (Å²) < 4.78 is 58.5. The number of benzene rings is 3. The monoisotopic (exact) mass is 562 g/mol. The third kappa shape index (κ3) is 4.99. The molecule has 2 N–H and O–H groups in total. The largest absolute Gasteiger partial charge is 0.493 e. The van der Waals surface area contributed by atoms with Gasteiger partial charge in [-0.15, -0.1) is 0 Å². The number of H-pyrrole nitrogens is 1. The molecule has 0 amide bonds. The van der Waals surface area contributed by atoms with Crippen LogP contribution in [-0.4, -0.2) is 37.4 Å². The average molecular weight is 563 g/mol. The predicted molar refractivity (Wildman–Crippen MR) is 144 cm³/mol. The van der Waals surface area contributed by atoms with E-state index in [0.717, 1.165) is 0 Å². The minimum absolute atomic E-state index is 0.0700. The number of ether oxygens (including phenoxy) is 2. The number of aromatic nitrogens is 4. The smallest absolute Gasteiger partial charge is 0.303 e. The molecular weight excluding hydrogens is 537 g/mol. The number of hydrogen-bond donors (Lipinski definition) is 2. The van der Waals surface area contributed by atoms with Gasteiger partial charge in [-0.3, -0.25) is 4.79 Å². The van der Waals surface area contributed by atoms with E-state index in [1.807, 2.05) is 0 Å². The lowest BCUT2D eigenvalue weighted by Crippen LogP contribution is -2.12. The Bertz CT molecular complexity index is 1780. The predicted octanol–water partition coefficient (Wildman–Crippen LogP) is 6.59. The Labute approximate surface area is 232 Å². The SMILES string of the molecule is CC(c1nc2n(n1)CCCOc1ccc(Oc3c(F)cc4[nH]ccc4c3F)cc1-2)c1cccc(CCC(=O)O)c1F. The van der Waals surface area contributed by atoms with E-state index in [4.69, 9.17) is 19.6 Å². The van der Waals surface area contributed by atoms with Crippen molar-refractivity contribution in [3.05, 3.63) is 89.1 Å². The van der Waals surface area contributed by atoms with Crippen molar-refractivity contribution in [3.8, 4) is 28.6 Å².